The van der Waals surface area contributed by atoms with Gasteiger partial charge >= 0.3 is 0 Å². The van der Waals surface area contributed by atoms with Gasteiger partial charge in [-0.1, -0.05) is 13.8 Å². The van der Waals surface area contributed by atoms with Gasteiger partial charge in [-0.3, -0.25) is 0 Å². The van der Waals surface area contributed by atoms with Crippen LogP contribution in [0.25, 0.3) is 0 Å². The summed E-state index contributed by atoms with van der Waals surface area (Å²) in [6.07, 6.45) is 1.16. The summed E-state index contributed by atoms with van der Waals surface area (Å²) in [4.78, 5) is 0. The maximum atomic E-state index is 5.83. The van der Waals surface area contributed by atoms with Crippen LogP contribution in [0.2, 0.25) is 0 Å². The molecular formula is C14H23NO2. The van der Waals surface area contributed by atoms with Crippen molar-refractivity contribution in [2.75, 3.05) is 12.3 Å². The molecular weight excluding hydrogens is 214 g/mol. The van der Waals surface area contributed by atoms with Crippen LogP contribution in [0.15, 0.2) is 18.2 Å². The van der Waals surface area contributed by atoms with Gasteiger partial charge in [-0.25, -0.2) is 0 Å². The lowest BCUT2D eigenvalue weighted by Crippen LogP contribution is -2.08. The van der Waals surface area contributed by atoms with Crippen molar-refractivity contribution < 1.29 is 9.47 Å². The lowest BCUT2D eigenvalue weighted by Gasteiger charge is -2.14. The first-order valence-corrected chi connectivity index (χ1v) is 6.18. The molecule has 0 aliphatic rings. The molecule has 17 heavy (non-hydrogen) atoms. The summed E-state index contributed by atoms with van der Waals surface area (Å²) >= 11 is 0. The van der Waals surface area contributed by atoms with Crippen LogP contribution >= 0.6 is 0 Å². The third kappa shape index (κ3) is 4.98. The van der Waals surface area contributed by atoms with Crippen molar-refractivity contribution in [3.05, 3.63) is 18.2 Å². The number of benzene rings is 1. The number of nitrogen functional groups attached to an aromatic ring is 1. The number of anilines is 1. The summed E-state index contributed by atoms with van der Waals surface area (Å²) in [6.45, 7) is 9.04. The summed E-state index contributed by atoms with van der Waals surface area (Å²) in [5.41, 5.74) is 6.48. The maximum Gasteiger partial charge on any atom is 0.146 e. The zero-order chi connectivity index (χ0) is 12.8. The van der Waals surface area contributed by atoms with Gasteiger partial charge in [0.1, 0.15) is 11.5 Å². The van der Waals surface area contributed by atoms with Crippen LogP contribution in [0.4, 0.5) is 5.69 Å². The van der Waals surface area contributed by atoms with E-state index in [1.54, 1.807) is 0 Å². The molecule has 0 aromatic heterocycles. The van der Waals surface area contributed by atoms with Crippen molar-refractivity contribution in [2.45, 2.75) is 40.2 Å². The molecule has 3 heteroatoms. The van der Waals surface area contributed by atoms with E-state index in [1.807, 2.05) is 32.0 Å². The molecule has 0 unspecified atom stereocenters. The monoisotopic (exact) mass is 237 g/mol. The van der Waals surface area contributed by atoms with E-state index in [-0.39, 0.29) is 6.10 Å². The van der Waals surface area contributed by atoms with Gasteiger partial charge in [-0.2, -0.15) is 0 Å². The molecule has 0 amide bonds. The van der Waals surface area contributed by atoms with E-state index in [0.717, 1.165) is 18.8 Å². The fourth-order valence-electron chi connectivity index (χ4n) is 1.37. The van der Waals surface area contributed by atoms with Gasteiger partial charge in [0.25, 0.3) is 0 Å². The smallest absolute Gasteiger partial charge is 0.146 e. The molecule has 0 radical (unpaired) electrons. The van der Waals surface area contributed by atoms with Crippen molar-refractivity contribution in [3.63, 3.8) is 0 Å². The topological polar surface area (TPSA) is 44.5 Å². The molecule has 0 saturated carbocycles. The number of hydrogen-bond acceptors (Lipinski definition) is 3. The Bertz CT molecular complexity index is 348. The first-order valence-electron chi connectivity index (χ1n) is 6.18. The minimum Gasteiger partial charge on any atom is -0.493 e. The van der Waals surface area contributed by atoms with E-state index in [9.17, 15) is 0 Å². The van der Waals surface area contributed by atoms with E-state index in [4.69, 9.17) is 15.2 Å². The van der Waals surface area contributed by atoms with Crippen LogP contribution < -0.4 is 15.2 Å². The van der Waals surface area contributed by atoms with Gasteiger partial charge in [-0.05, 0) is 38.3 Å². The van der Waals surface area contributed by atoms with Gasteiger partial charge in [0.15, 0.2) is 0 Å². The van der Waals surface area contributed by atoms with Crippen LogP contribution in [0.1, 0.15) is 34.1 Å². The summed E-state index contributed by atoms with van der Waals surface area (Å²) in [6, 6.07) is 5.56. The molecule has 0 bridgehead atoms. The first-order chi connectivity index (χ1) is 7.99. The zero-order valence-electron chi connectivity index (χ0n) is 11.2. The quantitative estimate of drug-likeness (QED) is 0.770. The lowest BCUT2D eigenvalue weighted by atomic mass is 10.1. The molecule has 2 N–H and O–H groups in total. The van der Waals surface area contributed by atoms with Crippen LogP contribution in [-0.2, 0) is 0 Å². The second kappa shape index (κ2) is 6.38. The van der Waals surface area contributed by atoms with Gasteiger partial charge in [0, 0.05) is 6.07 Å². The number of rotatable bonds is 6. The van der Waals surface area contributed by atoms with Crippen molar-refractivity contribution in [2.24, 2.45) is 5.92 Å². The molecule has 0 atom stereocenters. The first kappa shape index (κ1) is 13.7. The Morgan fingerprint density at radius 2 is 1.88 bits per heavy atom. The van der Waals surface area contributed by atoms with Crippen LogP contribution in [0, 0.1) is 5.92 Å². The Balaban J connectivity index is 2.61. The SMILES string of the molecule is CC(C)CCOc1ccc(N)c(OC(C)C)c1. The summed E-state index contributed by atoms with van der Waals surface area (Å²) in [7, 11) is 0. The molecule has 0 fully saturated rings. The molecule has 1 rings (SSSR count). The van der Waals surface area contributed by atoms with Gasteiger partial charge in [0.2, 0.25) is 0 Å². The number of hydrogen-bond donors (Lipinski definition) is 1. The van der Waals surface area contributed by atoms with E-state index in [0.29, 0.717) is 17.4 Å². The average molecular weight is 237 g/mol. The van der Waals surface area contributed by atoms with E-state index in [1.165, 1.54) is 0 Å². The molecule has 0 aliphatic heterocycles. The molecule has 1 aromatic carbocycles. The van der Waals surface area contributed by atoms with Crippen molar-refractivity contribution in [1.82, 2.24) is 0 Å². The highest BCUT2D eigenvalue weighted by Crippen LogP contribution is 2.27. The van der Waals surface area contributed by atoms with E-state index >= 15 is 0 Å². The third-order valence-corrected chi connectivity index (χ3v) is 2.31. The van der Waals surface area contributed by atoms with E-state index < -0.39 is 0 Å². The summed E-state index contributed by atoms with van der Waals surface area (Å²) < 4.78 is 11.3. The van der Waals surface area contributed by atoms with Crippen molar-refractivity contribution in [1.29, 1.82) is 0 Å². The second-order valence-electron chi connectivity index (χ2n) is 4.90. The minimum atomic E-state index is 0.114. The van der Waals surface area contributed by atoms with Crippen LogP contribution in [0.5, 0.6) is 11.5 Å². The maximum absolute atomic E-state index is 5.83. The van der Waals surface area contributed by atoms with Crippen LogP contribution in [-0.4, -0.2) is 12.7 Å². The van der Waals surface area contributed by atoms with Gasteiger partial charge in [-0.15, -0.1) is 0 Å². The molecule has 0 aliphatic carbocycles. The number of nitrogens with two attached hydrogens (primary N) is 1. The summed E-state index contributed by atoms with van der Waals surface area (Å²) in [5, 5.41) is 0. The normalized spacial score (nSPS) is 10.9. The minimum absolute atomic E-state index is 0.114. The predicted molar refractivity (Wildman–Crippen MR) is 71.6 cm³/mol. The highest BCUT2D eigenvalue weighted by Gasteiger charge is 2.05. The average Bonchev–Trinajstić information content (AvgIpc) is 2.21. The van der Waals surface area contributed by atoms with Crippen molar-refractivity contribution >= 4 is 5.69 Å². The predicted octanol–water partition coefficient (Wildman–Crippen LogP) is 3.48. The Hall–Kier alpha value is -1.38. The Kier molecular flexibility index (Phi) is 5.13. The van der Waals surface area contributed by atoms with Gasteiger partial charge < -0.3 is 15.2 Å². The molecule has 96 valence electrons. The standard InChI is InChI=1S/C14H23NO2/c1-10(2)7-8-16-12-5-6-13(15)14(9-12)17-11(3)4/h5-6,9-11H,7-8,15H2,1-4H3. The second-order valence-corrected chi connectivity index (χ2v) is 4.90. The van der Waals surface area contributed by atoms with Gasteiger partial charge in [0.05, 0.1) is 18.4 Å². The lowest BCUT2D eigenvalue weighted by molar-refractivity contribution is 0.240. The molecule has 0 saturated heterocycles. The number of ether oxygens (including phenoxy) is 2. The van der Waals surface area contributed by atoms with E-state index in [2.05, 4.69) is 13.8 Å². The molecule has 3 nitrogen and oxygen atoms in total. The Morgan fingerprint density at radius 3 is 2.47 bits per heavy atom. The highest BCUT2D eigenvalue weighted by atomic mass is 16.5. The van der Waals surface area contributed by atoms with Crippen molar-refractivity contribution in [3.8, 4) is 11.5 Å². The third-order valence-electron chi connectivity index (χ3n) is 2.31. The Labute approximate surface area is 104 Å². The van der Waals surface area contributed by atoms with Crippen LogP contribution in [0.3, 0.4) is 0 Å². The highest BCUT2D eigenvalue weighted by molar-refractivity contribution is 5.55. The molecule has 0 spiro atoms. The Morgan fingerprint density at radius 1 is 1.18 bits per heavy atom. The molecule has 0 heterocycles. The molecule has 1 aromatic rings. The largest absolute Gasteiger partial charge is 0.493 e. The fourth-order valence-corrected chi connectivity index (χ4v) is 1.37. The zero-order valence-corrected chi connectivity index (χ0v) is 11.2. The fraction of sp³-hybridized carbons (Fsp3) is 0.571. The summed E-state index contributed by atoms with van der Waals surface area (Å²) in [5.74, 6) is 2.16.